The monoisotopic (exact) mass is 374 g/mol. The van der Waals surface area contributed by atoms with Gasteiger partial charge in [0.2, 0.25) is 5.91 Å². The van der Waals surface area contributed by atoms with Gasteiger partial charge in [0.1, 0.15) is 5.82 Å². The number of carbonyl (C=O) groups excluding carboxylic acids is 1. The van der Waals surface area contributed by atoms with E-state index in [0.29, 0.717) is 12.5 Å². The fourth-order valence-electron chi connectivity index (χ4n) is 4.01. The summed E-state index contributed by atoms with van der Waals surface area (Å²) in [6, 6.07) is 3.96. The molecule has 3 rings (SSSR count). The second kappa shape index (κ2) is 8.88. The molecule has 1 saturated carbocycles. The summed E-state index contributed by atoms with van der Waals surface area (Å²) < 4.78 is 0. The van der Waals surface area contributed by atoms with Crippen molar-refractivity contribution in [3.05, 3.63) is 23.9 Å². The molecule has 136 valence electrons. The maximum Gasteiger partial charge on any atom is 0.228 e. The number of rotatable bonds is 4. The van der Waals surface area contributed by atoms with Gasteiger partial charge in [-0.1, -0.05) is 18.9 Å². The highest BCUT2D eigenvalue weighted by Crippen LogP contribution is 2.43. The van der Waals surface area contributed by atoms with Gasteiger partial charge in [0.05, 0.1) is 5.41 Å². The van der Waals surface area contributed by atoms with E-state index in [1.54, 1.807) is 6.20 Å². The van der Waals surface area contributed by atoms with Gasteiger partial charge in [-0.2, -0.15) is 0 Å². The Morgan fingerprint density at radius 3 is 2.96 bits per heavy atom. The van der Waals surface area contributed by atoms with Crippen molar-refractivity contribution in [2.75, 3.05) is 32.1 Å². The Bertz CT molecular complexity index is 555. The summed E-state index contributed by atoms with van der Waals surface area (Å²) in [5.74, 6) is 1.64. The van der Waals surface area contributed by atoms with E-state index in [1.165, 1.54) is 19.3 Å². The molecule has 2 heterocycles. The van der Waals surface area contributed by atoms with Crippen LogP contribution in [0.3, 0.4) is 0 Å². The molecule has 2 fully saturated rings. The zero-order valence-electron chi connectivity index (χ0n) is 14.4. The fraction of sp³-hybridized carbons (Fsp3) is 0.647. The van der Waals surface area contributed by atoms with Gasteiger partial charge in [0, 0.05) is 38.9 Å². The fourth-order valence-corrected chi connectivity index (χ4v) is 4.01. The molecule has 2 aliphatic rings. The molecule has 2 atom stereocenters. The molecule has 0 spiro atoms. The average Bonchev–Trinajstić information content (AvgIpc) is 2.98. The first-order valence-electron chi connectivity index (χ1n) is 8.24. The van der Waals surface area contributed by atoms with Gasteiger partial charge < -0.3 is 15.5 Å². The van der Waals surface area contributed by atoms with Gasteiger partial charge in [-0.15, -0.1) is 24.8 Å². The zero-order chi connectivity index (χ0) is 15.6. The van der Waals surface area contributed by atoms with Crippen molar-refractivity contribution in [1.82, 2.24) is 15.6 Å². The first-order valence-corrected chi connectivity index (χ1v) is 8.24. The number of hydrogen-bond acceptors (Lipinski definition) is 4. The summed E-state index contributed by atoms with van der Waals surface area (Å²) in [6.07, 6.45) is 6.41. The number of amides is 1. The molecule has 1 aromatic heterocycles. The molecule has 0 unspecified atom stereocenters. The van der Waals surface area contributed by atoms with Gasteiger partial charge in [-0.25, -0.2) is 4.98 Å². The number of hydrogen-bond donors (Lipinski definition) is 2. The predicted molar refractivity (Wildman–Crippen MR) is 102 cm³/mol. The van der Waals surface area contributed by atoms with Crippen molar-refractivity contribution < 1.29 is 4.79 Å². The molecule has 0 aromatic carbocycles. The molecular weight excluding hydrogens is 347 g/mol. The summed E-state index contributed by atoms with van der Waals surface area (Å²) >= 11 is 0. The van der Waals surface area contributed by atoms with Crippen molar-refractivity contribution in [3.8, 4) is 0 Å². The van der Waals surface area contributed by atoms with Crippen LogP contribution in [0.15, 0.2) is 18.3 Å². The maximum absolute atomic E-state index is 12.9. The molecule has 0 bridgehead atoms. The van der Waals surface area contributed by atoms with E-state index < -0.39 is 0 Å². The van der Waals surface area contributed by atoms with E-state index in [-0.39, 0.29) is 36.1 Å². The molecule has 2 N–H and O–H groups in total. The molecule has 1 amide bonds. The number of carbonyl (C=O) groups is 1. The van der Waals surface area contributed by atoms with Crippen molar-refractivity contribution in [2.45, 2.75) is 32.2 Å². The Morgan fingerprint density at radius 2 is 2.21 bits per heavy atom. The number of halogens is 2. The maximum atomic E-state index is 12.9. The minimum absolute atomic E-state index is 0. The number of aromatic nitrogens is 1. The molecule has 5 nitrogen and oxygen atoms in total. The Hall–Kier alpha value is -1.04. The van der Waals surface area contributed by atoms with E-state index in [9.17, 15) is 4.79 Å². The third kappa shape index (κ3) is 3.95. The standard InChI is InChI=1S/C17H26N4O.2ClH/c1-21(2)15-13(6-5-9-19-15)10-20-16(22)17-8-4-3-7-14(17)11-18-12-17;;/h5-6,9,14,18H,3-4,7-8,10-12H2,1-2H3,(H,20,22);2*1H/t14-,17+;;/m0../s1. The minimum Gasteiger partial charge on any atom is -0.362 e. The SMILES string of the molecule is CN(C)c1ncccc1CNC(=O)[C@@]12CCCC[C@H]1CNC2.Cl.Cl. The van der Waals surface area contributed by atoms with Crippen molar-refractivity contribution in [1.29, 1.82) is 0 Å². The van der Waals surface area contributed by atoms with E-state index in [1.807, 2.05) is 31.1 Å². The minimum atomic E-state index is -0.182. The molecule has 24 heavy (non-hydrogen) atoms. The zero-order valence-corrected chi connectivity index (χ0v) is 16.0. The van der Waals surface area contributed by atoms with Gasteiger partial charge in [-0.3, -0.25) is 4.79 Å². The largest absolute Gasteiger partial charge is 0.362 e. The topological polar surface area (TPSA) is 57.3 Å². The van der Waals surface area contributed by atoms with Crippen LogP contribution in [0.4, 0.5) is 5.82 Å². The molecule has 1 aliphatic carbocycles. The Morgan fingerprint density at radius 1 is 1.42 bits per heavy atom. The lowest BCUT2D eigenvalue weighted by molar-refractivity contribution is -0.134. The van der Waals surface area contributed by atoms with Gasteiger partial charge in [-0.05, 0) is 31.4 Å². The smallest absolute Gasteiger partial charge is 0.228 e. The highest BCUT2D eigenvalue weighted by atomic mass is 35.5. The van der Waals surface area contributed by atoms with Crippen LogP contribution in [0, 0.1) is 11.3 Å². The summed E-state index contributed by atoms with van der Waals surface area (Å²) in [6.45, 7) is 2.37. The van der Waals surface area contributed by atoms with Crippen LogP contribution in [0.5, 0.6) is 0 Å². The second-order valence-corrected chi connectivity index (χ2v) is 6.79. The van der Waals surface area contributed by atoms with Crippen LogP contribution in [-0.4, -0.2) is 38.1 Å². The first kappa shape index (κ1) is 21.0. The number of nitrogens with one attached hydrogen (secondary N) is 2. The lowest BCUT2D eigenvalue weighted by atomic mass is 9.67. The highest BCUT2D eigenvalue weighted by Gasteiger charge is 2.49. The lowest BCUT2D eigenvalue weighted by Gasteiger charge is -2.37. The van der Waals surface area contributed by atoms with Crippen molar-refractivity contribution >= 4 is 36.5 Å². The Balaban J connectivity index is 0.00000144. The first-order chi connectivity index (χ1) is 10.6. The Labute approximate surface area is 156 Å². The molecular formula is C17H28Cl2N4O. The summed E-state index contributed by atoms with van der Waals surface area (Å²) in [5, 5.41) is 6.61. The third-order valence-electron chi connectivity index (χ3n) is 5.22. The van der Waals surface area contributed by atoms with Crippen LogP contribution in [0.25, 0.3) is 0 Å². The highest BCUT2D eigenvalue weighted by molar-refractivity contribution is 5.85. The van der Waals surface area contributed by atoms with Crippen molar-refractivity contribution in [2.24, 2.45) is 11.3 Å². The summed E-state index contributed by atoms with van der Waals surface area (Å²) in [7, 11) is 3.95. The summed E-state index contributed by atoms with van der Waals surface area (Å²) in [4.78, 5) is 19.3. The van der Waals surface area contributed by atoms with E-state index >= 15 is 0 Å². The molecule has 7 heteroatoms. The molecule has 1 aliphatic heterocycles. The summed E-state index contributed by atoms with van der Waals surface area (Å²) in [5.41, 5.74) is 0.884. The Kier molecular flexibility index (Phi) is 7.77. The van der Waals surface area contributed by atoms with Crippen molar-refractivity contribution in [3.63, 3.8) is 0 Å². The van der Waals surface area contributed by atoms with Gasteiger partial charge in [0.15, 0.2) is 0 Å². The van der Waals surface area contributed by atoms with E-state index in [0.717, 1.165) is 30.9 Å². The number of anilines is 1. The predicted octanol–water partition coefficient (Wildman–Crippen LogP) is 2.39. The number of fused-ring (bicyclic) bond motifs is 1. The third-order valence-corrected chi connectivity index (χ3v) is 5.22. The number of nitrogens with zero attached hydrogens (tertiary/aromatic N) is 2. The average molecular weight is 375 g/mol. The van der Waals surface area contributed by atoms with Crippen LogP contribution in [0.2, 0.25) is 0 Å². The van der Waals surface area contributed by atoms with Gasteiger partial charge >= 0.3 is 0 Å². The van der Waals surface area contributed by atoms with Crippen LogP contribution in [0.1, 0.15) is 31.2 Å². The van der Waals surface area contributed by atoms with E-state index in [2.05, 4.69) is 15.6 Å². The molecule has 0 radical (unpaired) electrons. The van der Waals surface area contributed by atoms with Crippen LogP contribution < -0.4 is 15.5 Å². The van der Waals surface area contributed by atoms with Crippen LogP contribution >= 0.6 is 24.8 Å². The number of pyridine rings is 1. The van der Waals surface area contributed by atoms with E-state index in [4.69, 9.17) is 0 Å². The normalized spacial score (nSPS) is 25.0. The lowest BCUT2D eigenvalue weighted by Crippen LogP contribution is -2.47. The van der Waals surface area contributed by atoms with Gasteiger partial charge in [0.25, 0.3) is 0 Å². The molecule has 1 saturated heterocycles. The molecule has 1 aromatic rings. The quantitative estimate of drug-likeness (QED) is 0.849. The van der Waals surface area contributed by atoms with Crippen LogP contribution in [-0.2, 0) is 11.3 Å². The second-order valence-electron chi connectivity index (χ2n) is 6.79.